The molecule has 0 saturated carbocycles. The molecule has 0 radical (unpaired) electrons. The normalized spacial score (nSPS) is 14.8. The van der Waals surface area contributed by atoms with E-state index in [1.54, 1.807) is 7.11 Å². The SMILES string of the molecule is COC(C)(C)CNCC(O)CO. The van der Waals surface area contributed by atoms with Crippen LogP contribution in [0.5, 0.6) is 0 Å². The summed E-state index contributed by atoms with van der Waals surface area (Å²) in [6.45, 7) is 4.74. The highest BCUT2D eigenvalue weighted by molar-refractivity contribution is 4.71. The third kappa shape index (κ3) is 5.49. The molecule has 4 heteroatoms. The molecule has 0 aromatic carbocycles. The molecule has 0 aromatic heterocycles. The number of ether oxygens (including phenoxy) is 1. The van der Waals surface area contributed by atoms with E-state index in [4.69, 9.17) is 14.9 Å². The predicted molar refractivity (Wildman–Crippen MR) is 47.1 cm³/mol. The van der Waals surface area contributed by atoms with E-state index in [-0.39, 0.29) is 12.2 Å². The van der Waals surface area contributed by atoms with Crippen LogP contribution in [-0.2, 0) is 4.74 Å². The van der Waals surface area contributed by atoms with Crippen LogP contribution >= 0.6 is 0 Å². The maximum atomic E-state index is 8.97. The number of hydrogen-bond acceptors (Lipinski definition) is 4. The fourth-order valence-corrected chi connectivity index (χ4v) is 0.677. The van der Waals surface area contributed by atoms with Crippen molar-refractivity contribution >= 4 is 0 Å². The van der Waals surface area contributed by atoms with E-state index in [0.29, 0.717) is 13.1 Å². The standard InChI is InChI=1S/C8H19NO3/c1-8(2,12-3)6-9-4-7(11)5-10/h7,9-11H,4-6H2,1-3H3. The molecule has 0 spiro atoms. The first kappa shape index (κ1) is 11.8. The van der Waals surface area contributed by atoms with Crippen molar-refractivity contribution in [3.05, 3.63) is 0 Å². The third-order valence-corrected chi connectivity index (χ3v) is 1.69. The highest BCUT2D eigenvalue weighted by Gasteiger charge is 2.15. The highest BCUT2D eigenvalue weighted by atomic mass is 16.5. The maximum absolute atomic E-state index is 8.97. The van der Waals surface area contributed by atoms with Gasteiger partial charge in [-0.15, -0.1) is 0 Å². The minimum atomic E-state index is -0.683. The molecule has 0 amide bonds. The van der Waals surface area contributed by atoms with Gasteiger partial charge in [0, 0.05) is 20.2 Å². The number of nitrogens with one attached hydrogen (secondary N) is 1. The van der Waals surface area contributed by atoms with E-state index >= 15 is 0 Å². The lowest BCUT2D eigenvalue weighted by Crippen LogP contribution is -2.40. The second-order valence-corrected chi connectivity index (χ2v) is 3.43. The lowest BCUT2D eigenvalue weighted by atomic mass is 10.1. The Hall–Kier alpha value is -0.160. The summed E-state index contributed by atoms with van der Waals surface area (Å²) >= 11 is 0. The van der Waals surface area contributed by atoms with E-state index in [1.807, 2.05) is 13.8 Å². The van der Waals surface area contributed by atoms with Crippen molar-refractivity contribution < 1.29 is 14.9 Å². The maximum Gasteiger partial charge on any atom is 0.0894 e. The topological polar surface area (TPSA) is 61.7 Å². The first-order valence-electron chi connectivity index (χ1n) is 4.06. The molecule has 0 aliphatic carbocycles. The predicted octanol–water partition coefficient (Wildman–Crippen LogP) is -0.646. The first-order valence-corrected chi connectivity index (χ1v) is 4.06. The lowest BCUT2D eigenvalue weighted by molar-refractivity contribution is 0.0185. The fourth-order valence-electron chi connectivity index (χ4n) is 0.677. The molecule has 74 valence electrons. The number of hydrogen-bond donors (Lipinski definition) is 3. The van der Waals surface area contributed by atoms with Crippen molar-refractivity contribution in [2.24, 2.45) is 0 Å². The van der Waals surface area contributed by atoms with Gasteiger partial charge < -0.3 is 20.3 Å². The van der Waals surface area contributed by atoms with Crippen LogP contribution in [-0.4, -0.2) is 48.7 Å². The van der Waals surface area contributed by atoms with E-state index in [0.717, 1.165) is 0 Å². The number of aliphatic hydroxyl groups excluding tert-OH is 2. The van der Waals surface area contributed by atoms with E-state index in [2.05, 4.69) is 5.32 Å². The number of methoxy groups -OCH3 is 1. The van der Waals surface area contributed by atoms with E-state index in [1.165, 1.54) is 0 Å². The summed E-state index contributed by atoms with van der Waals surface area (Å²) in [6.07, 6.45) is -0.683. The van der Waals surface area contributed by atoms with Gasteiger partial charge in [0.15, 0.2) is 0 Å². The Kier molecular flexibility index (Phi) is 5.41. The average molecular weight is 177 g/mol. The van der Waals surface area contributed by atoms with Gasteiger partial charge >= 0.3 is 0 Å². The molecule has 4 nitrogen and oxygen atoms in total. The molecule has 0 aliphatic rings. The monoisotopic (exact) mass is 177 g/mol. The van der Waals surface area contributed by atoms with Crippen LogP contribution < -0.4 is 5.32 Å². The summed E-state index contributed by atoms with van der Waals surface area (Å²) in [5, 5.41) is 20.5. The van der Waals surface area contributed by atoms with E-state index < -0.39 is 6.10 Å². The summed E-state index contributed by atoms with van der Waals surface area (Å²) in [4.78, 5) is 0. The number of aliphatic hydroxyl groups is 2. The van der Waals surface area contributed by atoms with Gasteiger partial charge in [-0.2, -0.15) is 0 Å². The molecular formula is C8H19NO3. The summed E-state index contributed by atoms with van der Waals surface area (Å²) in [6, 6.07) is 0. The molecule has 0 fully saturated rings. The Balaban J connectivity index is 3.42. The van der Waals surface area contributed by atoms with Crippen molar-refractivity contribution in [3.8, 4) is 0 Å². The molecule has 0 bridgehead atoms. The zero-order chi connectivity index (χ0) is 9.61. The van der Waals surface area contributed by atoms with Gasteiger partial charge in [-0.3, -0.25) is 0 Å². The largest absolute Gasteiger partial charge is 0.394 e. The molecule has 0 heterocycles. The molecular weight excluding hydrogens is 158 g/mol. The van der Waals surface area contributed by atoms with Crippen molar-refractivity contribution in [1.29, 1.82) is 0 Å². The summed E-state index contributed by atoms with van der Waals surface area (Å²) < 4.78 is 5.15. The van der Waals surface area contributed by atoms with Gasteiger partial charge in [-0.25, -0.2) is 0 Å². The van der Waals surface area contributed by atoms with Crippen LogP contribution in [0.15, 0.2) is 0 Å². The van der Waals surface area contributed by atoms with Crippen LogP contribution in [0.1, 0.15) is 13.8 Å². The van der Waals surface area contributed by atoms with E-state index in [9.17, 15) is 0 Å². The molecule has 0 saturated heterocycles. The zero-order valence-electron chi connectivity index (χ0n) is 8.00. The van der Waals surface area contributed by atoms with Gasteiger partial charge in [-0.1, -0.05) is 0 Å². The van der Waals surface area contributed by atoms with Crippen LogP contribution in [0, 0.1) is 0 Å². The summed E-state index contributed by atoms with van der Waals surface area (Å²) in [5.74, 6) is 0. The molecule has 0 rings (SSSR count). The smallest absolute Gasteiger partial charge is 0.0894 e. The Morgan fingerprint density at radius 2 is 2.08 bits per heavy atom. The lowest BCUT2D eigenvalue weighted by Gasteiger charge is -2.23. The van der Waals surface area contributed by atoms with Gasteiger partial charge in [0.25, 0.3) is 0 Å². The molecule has 1 atom stereocenters. The minimum Gasteiger partial charge on any atom is -0.394 e. The van der Waals surface area contributed by atoms with Gasteiger partial charge in [0.2, 0.25) is 0 Å². The van der Waals surface area contributed by atoms with Crippen molar-refractivity contribution in [2.45, 2.75) is 25.6 Å². The Labute approximate surface area is 73.5 Å². The van der Waals surface area contributed by atoms with Crippen molar-refractivity contribution in [2.75, 3.05) is 26.8 Å². The van der Waals surface area contributed by atoms with Crippen molar-refractivity contribution in [3.63, 3.8) is 0 Å². The Morgan fingerprint density at radius 1 is 1.50 bits per heavy atom. The van der Waals surface area contributed by atoms with Crippen molar-refractivity contribution in [1.82, 2.24) is 5.32 Å². The molecule has 0 aliphatic heterocycles. The molecule has 12 heavy (non-hydrogen) atoms. The minimum absolute atomic E-state index is 0.208. The van der Waals surface area contributed by atoms with Gasteiger partial charge in [-0.05, 0) is 13.8 Å². The first-order chi connectivity index (χ1) is 5.52. The molecule has 3 N–H and O–H groups in total. The highest BCUT2D eigenvalue weighted by Crippen LogP contribution is 2.04. The second kappa shape index (κ2) is 5.48. The van der Waals surface area contributed by atoms with Gasteiger partial charge in [0.1, 0.15) is 0 Å². The zero-order valence-corrected chi connectivity index (χ0v) is 8.00. The van der Waals surface area contributed by atoms with Crippen LogP contribution in [0.4, 0.5) is 0 Å². The fraction of sp³-hybridized carbons (Fsp3) is 1.00. The summed E-state index contributed by atoms with van der Waals surface area (Å²) in [5.41, 5.74) is -0.227. The van der Waals surface area contributed by atoms with Crippen LogP contribution in [0.2, 0.25) is 0 Å². The molecule has 1 unspecified atom stereocenters. The third-order valence-electron chi connectivity index (χ3n) is 1.69. The quantitative estimate of drug-likeness (QED) is 0.505. The number of rotatable bonds is 6. The Morgan fingerprint density at radius 3 is 2.50 bits per heavy atom. The van der Waals surface area contributed by atoms with Gasteiger partial charge in [0.05, 0.1) is 18.3 Å². The summed E-state index contributed by atoms with van der Waals surface area (Å²) in [7, 11) is 1.64. The van der Waals surface area contributed by atoms with Crippen LogP contribution in [0.3, 0.4) is 0 Å². The Bertz CT molecular complexity index is 117. The van der Waals surface area contributed by atoms with Crippen LogP contribution in [0.25, 0.3) is 0 Å². The second-order valence-electron chi connectivity index (χ2n) is 3.43. The molecule has 0 aromatic rings. The average Bonchev–Trinajstić information content (AvgIpc) is 2.04.